The van der Waals surface area contributed by atoms with Crippen molar-refractivity contribution in [3.8, 4) is 0 Å². The van der Waals surface area contributed by atoms with Crippen molar-refractivity contribution in [2.45, 2.75) is 47.2 Å². The van der Waals surface area contributed by atoms with Gasteiger partial charge in [-0.05, 0) is 35.9 Å². The van der Waals surface area contributed by atoms with Crippen LogP contribution < -0.4 is 5.73 Å². The number of hydrogen-bond acceptors (Lipinski definition) is 6. The fourth-order valence-corrected chi connectivity index (χ4v) is 7.48. The van der Waals surface area contributed by atoms with Gasteiger partial charge in [0, 0.05) is 24.0 Å². The molecule has 1 saturated heterocycles. The van der Waals surface area contributed by atoms with Crippen molar-refractivity contribution in [2.24, 2.45) is 5.73 Å². The lowest BCUT2D eigenvalue weighted by atomic mass is 10.0. The third kappa shape index (κ3) is 3.83. The summed E-state index contributed by atoms with van der Waals surface area (Å²) in [6.45, 7) is -0.212. The van der Waals surface area contributed by atoms with Gasteiger partial charge in [0.15, 0.2) is 5.69 Å². The van der Waals surface area contributed by atoms with E-state index in [1.54, 1.807) is 23.9 Å². The van der Waals surface area contributed by atoms with Gasteiger partial charge in [0.05, 0.1) is 34.6 Å². The Labute approximate surface area is 186 Å². The zero-order valence-electron chi connectivity index (χ0n) is 16.3. The molecule has 8 nitrogen and oxygen atoms in total. The van der Waals surface area contributed by atoms with Gasteiger partial charge in [0.25, 0.3) is 5.91 Å². The van der Waals surface area contributed by atoms with Crippen LogP contribution in [0, 0.1) is 0 Å². The monoisotopic (exact) mass is 474 g/mol. The van der Waals surface area contributed by atoms with Crippen LogP contribution in [0.15, 0.2) is 23.1 Å². The Morgan fingerprint density at radius 3 is 2.67 bits per heavy atom. The van der Waals surface area contributed by atoms with Gasteiger partial charge in [0.1, 0.15) is 6.04 Å². The van der Waals surface area contributed by atoms with Crippen LogP contribution in [0.25, 0.3) is 0 Å². The molecule has 1 aromatic carbocycles. The van der Waals surface area contributed by atoms with Crippen LogP contribution in [-0.2, 0) is 4.74 Å². The van der Waals surface area contributed by atoms with Crippen LogP contribution in [-0.4, -0.2) is 68.0 Å². The molecule has 1 aliphatic carbocycles. The van der Waals surface area contributed by atoms with Crippen molar-refractivity contribution in [1.82, 2.24) is 15.0 Å². The first-order chi connectivity index (χ1) is 14.4. The summed E-state index contributed by atoms with van der Waals surface area (Å²) >= 11 is 12.3. The Kier molecular flexibility index (Phi) is 6.30. The number of carbonyl (C=O) groups is 1. The van der Waals surface area contributed by atoms with Crippen molar-refractivity contribution in [3.63, 3.8) is 0 Å². The molecule has 2 heterocycles. The van der Waals surface area contributed by atoms with Gasteiger partial charge in [-0.2, -0.15) is 0 Å². The molecule has 2 aliphatic rings. The van der Waals surface area contributed by atoms with Crippen LogP contribution in [0.3, 0.4) is 0 Å². The Morgan fingerprint density at radius 2 is 2.10 bits per heavy atom. The lowest BCUT2D eigenvalue weighted by Gasteiger charge is -2.46. The molecular weight excluding hydrogens is 451 g/mol. The molecule has 2 fully saturated rings. The number of benzene rings is 1. The molecule has 1 saturated carbocycles. The molecular formula is C19H24Cl2N4O4S. The quantitative estimate of drug-likeness (QED) is 0.474. The Balaban J connectivity index is 1.73. The van der Waals surface area contributed by atoms with E-state index in [2.05, 4.69) is 10.3 Å². The largest absolute Gasteiger partial charge is 0.395 e. The van der Waals surface area contributed by atoms with Crippen LogP contribution in [0.2, 0.25) is 10.0 Å². The summed E-state index contributed by atoms with van der Waals surface area (Å²) < 4.78 is 7.36. The number of thiol groups is 1. The fraction of sp³-hybridized carbons (Fsp3) is 0.526. The van der Waals surface area contributed by atoms with Gasteiger partial charge in [-0.25, -0.2) is 15.6 Å². The number of primary amides is 1. The molecule has 4 rings (SSSR count). The van der Waals surface area contributed by atoms with E-state index in [1.807, 2.05) is 6.07 Å². The number of rotatable bonds is 6. The number of nitrogens with zero attached hydrogens (tertiary/aromatic N) is 3. The van der Waals surface area contributed by atoms with Gasteiger partial charge in [-0.3, -0.25) is 4.79 Å². The second-order valence-electron chi connectivity index (χ2n) is 7.66. The summed E-state index contributed by atoms with van der Waals surface area (Å²) in [6, 6.07) is 4.79. The van der Waals surface area contributed by atoms with Crippen molar-refractivity contribution in [3.05, 3.63) is 39.6 Å². The maximum absolute atomic E-state index is 11.9. The van der Waals surface area contributed by atoms with Crippen molar-refractivity contribution >= 4 is 40.0 Å². The molecule has 0 spiro atoms. The van der Waals surface area contributed by atoms with Gasteiger partial charge >= 0.3 is 0 Å². The minimum Gasteiger partial charge on any atom is -0.395 e. The summed E-state index contributed by atoms with van der Waals surface area (Å²) in [7, 11) is 0.581. The Hall–Kier alpha value is -1.36. The molecule has 1 amide bonds. The summed E-state index contributed by atoms with van der Waals surface area (Å²) in [5.41, 5.74) is 6.28. The lowest BCUT2D eigenvalue weighted by molar-refractivity contribution is -0.0150. The highest BCUT2D eigenvalue weighted by Crippen LogP contribution is 2.52. The van der Waals surface area contributed by atoms with E-state index in [1.165, 1.54) is 0 Å². The second-order valence-corrected chi connectivity index (χ2v) is 11.0. The van der Waals surface area contributed by atoms with E-state index in [-0.39, 0.29) is 18.2 Å². The summed E-state index contributed by atoms with van der Waals surface area (Å²) in [5, 5.41) is 30.1. The van der Waals surface area contributed by atoms with E-state index in [4.69, 9.17) is 33.7 Å². The average molecular weight is 475 g/mol. The normalized spacial score (nSPS) is 30.4. The number of halogens is 2. The van der Waals surface area contributed by atoms with E-state index in [9.17, 15) is 15.0 Å². The average Bonchev–Trinajstić information content (AvgIpc) is 3.47. The third-order valence-corrected chi connectivity index (χ3v) is 9.54. The van der Waals surface area contributed by atoms with Crippen molar-refractivity contribution < 1.29 is 19.7 Å². The molecule has 4 N–H and O–H groups in total. The molecule has 11 heteroatoms. The summed E-state index contributed by atoms with van der Waals surface area (Å²) in [4.78, 5) is 12.8. The molecule has 5 atom stereocenters. The zero-order chi connectivity index (χ0) is 21.6. The van der Waals surface area contributed by atoms with E-state index >= 15 is 0 Å². The highest BCUT2D eigenvalue weighted by molar-refractivity contribution is 8.17. The van der Waals surface area contributed by atoms with Gasteiger partial charge < -0.3 is 20.7 Å². The topological polar surface area (TPSA) is 123 Å². The van der Waals surface area contributed by atoms with Crippen LogP contribution >= 0.6 is 34.1 Å². The molecule has 164 valence electrons. The molecule has 0 bridgehead atoms. The zero-order valence-corrected chi connectivity index (χ0v) is 18.7. The van der Waals surface area contributed by atoms with E-state index in [0.29, 0.717) is 21.5 Å². The number of nitrogens with two attached hydrogens (primary N) is 1. The smallest absolute Gasteiger partial charge is 0.271 e. The highest BCUT2D eigenvalue weighted by atomic mass is 35.5. The van der Waals surface area contributed by atoms with Gasteiger partial charge in [-0.15, -0.1) is 5.10 Å². The van der Waals surface area contributed by atoms with Crippen LogP contribution in [0.4, 0.5) is 0 Å². The maximum Gasteiger partial charge on any atom is 0.271 e. The second kappa shape index (κ2) is 8.64. The minimum atomic E-state index is -0.997. The Morgan fingerprint density at radius 1 is 1.37 bits per heavy atom. The van der Waals surface area contributed by atoms with Crippen LogP contribution in [0.1, 0.15) is 41.0 Å². The van der Waals surface area contributed by atoms with E-state index < -0.39 is 40.3 Å². The van der Waals surface area contributed by atoms with Gasteiger partial charge in [-0.1, -0.05) is 28.4 Å². The summed E-state index contributed by atoms with van der Waals surface area (Å²) in [6.07, 6.45) is 0.457. The van der Waals surface area contributed by atoms with Crippen molar-refractivity contribution in [1.29, 1.82) is 0 Å². The number of aromatic nitrogens is 3. The molecule has 2 aromatic rings. The number of hydrogen-bond donors (Lipinski definition) is 4. The molecule has 1 aliphatic heterocycles. The molecule has 1 aromatic heterocycles. The SMILES string of the molecule is CO[C@H]1C[SH](c2ccc(Cl)c(Cl)c2)[C@H](CO)[C@H](O)[C@@H]1n1nnc(C(N)=O)c1C1CC1. The van der Waals surface area contributed by atoms with Gasteiger partial charge in [0.2, 0.25) is 0 Å². The number of methoxy groups -OCH3 is 1. The van der Waals surface area contributed by atoms with Crippen LogP contribution in [0.5, 0.6) is 0 Å². The molecule has 0 radical (unpaired) electrons. The summed E-state index contributed by atoms with van der Waals surface area (Å²) in [5.74, 6) is 0.0737. The first-order valence-corrected chi connectivity index (χ1v) is 12.0. The minimum absolute atomic E-state index is 0.137. The molecule has 1 unspecified atom stereocenters. The molecule has 30 heavy (non-hydrogen) atoms. The van der Waals surface area contributed by atoms with Crippen molar-refractivity contribution in [2.75, 3.05) is 19.5 Å². The predicted octanol–water partition coefficient (Wildman–Crippen LogP) is 1.91. The number of amides is 1. The fourth-order valence-electron chi connectivity index (χ4n) is 4.19. The Bertz CT molecular complexity index is 955. The predicted molar refractivity (Wildman–Crippen MR) is 116 cm³/mol. The first kappa shape index (κ1) is 21.9. The first-order valence-electron chi connectivity index (χ1n) is 9.65. The number of aliphatic hydroxyl groups excluding tert-OH is 2. The maximum atomic E-state index is 11.9. The number of ether oxygens (including phenoxy) is 1. The lowest BCUT2D eigenvalue weighted by Crippen LogP contribution is -2.51. The highest BCUT2D eigenvalue weighted by Gasteiger charge is 2.47. The third-order valence-electron chi connectivity index (χ3n) is 5.84. The number of carbonyl (C=O) groups excluding carboxylic acids is 1. The standard InChI is InChI=1S/C19H24Cl2N4O4S/c1-29-13-8-30(10-4-5-11(20)12(21)6-10)14(7-26)18(27)17(13)25-16(9-2-3-9)15(19(22)28)23-24-25/h4-6,9,13-14,17-18,26-27,30H,2-3,7-8H2,1H3,(H2,22,28)/t13-,14+,17+,18-/m0/s1. The van der Waals surface area contributed by atoms with E-state index in [0.717, 1.165) is 17.7 Å². The number of aliphatic hydroxyl groups is 2.